The Hall–Kier alpha value is -0.580. The number of amides is 1. The minimum absolute atomic E-state index is 0.0800. The van der Waals surface area contributed by atoms with E-state index in [9.17, 15) is 4.79 Å². The van der Waals surface area contributed by atoms with Gasteiger partial charge in [-0.25, -0.2) is 0 Å². The molecule has 0 aliphatic heterocycles. The fourth-order valence-electron chi connectivity index (χ4n) is 1.17. The maximum Gasteiger partial charge on any atom is 0.225 e. The summed E-state index contributed by atoms with van der Waals surface area (Å²) in [5, 5.41) is 3.38. The molecule has 0 aliphatic rings. The number of carbonyl (C=O) groups excluding carboxylic acids is 1. The number of nitrogens with two attached hydrogens (primary N) is 1. The quantitative estimate of drug-likeness (QED) is 0.897. The zero-order valence-corrected chi connectivity index (χ0v) is 11.3. The van der Waals surface area contributed by atoms with Crippen LogP contribution in [0.25, 0.3) is 0 Å². The number of benzene rings is 1. The highest BCUT2D eigenvalue weighted by Crippen LogP contribution is 2.25. The number of carbonyl (C=O) groups is 1. The van der Waals surface area contributed by atoms with Crippen LogP contribution in [-0.4, -0.2) is 11.9 Å². The molecule has 0 aromatic heterocycles. The SMILES string of the molecule is CCC(N)CC(=O)Nc1ccc(Cl)c(Br)c1. The molecule has 0 fully saturated rings. The highest BCUT2D eigenvalue weighted by Gasteiger charge is 2.08. The van der Waals surface area contributed by atoms with Crippen molar-refractivity contribution in [1.29, 1.82) is 0 Å². The second-order valence-corrected chi connectivity index (χ2v) is 4.81. The lowest BCUT2D eigenvalue weighted by Crippen LogP contribution is -2.26. The fourth-order valence-corrected chi connectivity index (χ4v) is 1.66. The van der Waals surface area contributed by atoms with Crippen LogP contribution in [0.3, 0.4) is 0 Å². The van der Waals surface area contributed by atoms with Crippen molar-refractivity contribution in [2.24, 2.45) is 5.73 Å². The van der Waals surface area contributed by atoms with Gasteiger partial charge in [-0.2, -0.15) is 0 Å². The molecule has 0 saturated heterocycles. The van der Waals surface area contributed by atoms with Crippen LogP contribution in [0.2, 0.25) is 5.02 Å². The summed E-state index contributed by atoms with van der Waals surface area (Å²) < 4.78 is 0.756. The Bertz CT molecular complexity index is 384. The van der Waals surface area contributed by atoms with E-state index < -0.39 is 0 Å². The van der Waals surface area contributed by atoms with Gasteiger partial charge < -0.3 is 11.1 Å². The Balaban J connectivity index is 2.59. The molecule has 1 atom stereocenters. The summed E-state index contributed by atoms with van der Waals surface area (Å²) in [4.78, 5) is 11.5. The summed E-state index contributed by atoms with van der Waals surface area (Å²) in [6, 6.07) is 5.15. The molecular formula is C11H14BrClN2O. The number of halogens is 2. The first-order chi connectivity index (χ1) is 7.52. The Labute approximate surface area is 108 Å². The smallest absolute Gasteiger partial charge is 0.225 e. The van der Waals surface area contributed by atoms with Crippen LogP contribution in [0.1, 0.15) is 19.8 Å². The molecule has 16 heavy (non-hydrogen) atoms. The monoisotopic (exact) mass is 304 g/mol. The third-order valence-electron chi connectivity index (χ3n) is 2.18. The molecule has 1 rings (SSSR count). The molecule has 3 nitrogen and oxygen atoms in total. The van der Waals surface area contributed by atoms with Gasteiger partial charge in [-0.05, 0) is 40.5 Å². The number of rotatable bonds is 4. The van der Waals surface area contributed by atoms with Gasteiger partial charge in [0.05, 0.1) is 5.02 Å². The molecule has 88 valence electrons. The zero-order valence-electron chi connectivity index (χ0n) is 8.97. The van der Waals surface area contributed by atoms with Gasteiger partial charge in [0, 0.05) is 22.6 Å². The van der Waals surface area contributed by atoms with E-state index in [1.807, 2.05) is 6.92 Å². The predicted molar refractivity (Wildman–Crippen MR) is 70.7 cm³/mol. The summed E-state index contributed by atoms with van der Waals surface area (Å²) in [6.45, 7) is 1.96. The Morgan fingerprint density at radius 1 is 1.62 bits per heavy atom. The van der Waals surface area contributed by atoms with Crippen molar-refractivity contribution >= 4 is 39.1 Å². The molecule has 5 heteroatoms. The van der Waals surface area contributed by atoms with E-state index >= 15 is 0 Å². The maximum absolute atomic E-state index is 11.5. The Morgan fingerprint density at radius 2 is 2.31 bits per heavy atom. The normalized spacial score (nSPS) is 12.2. The standard InChI is InChI=1S/C11H14BrClN2O/c1-2-7(14)5-11(16)15-8-3-4-10(13)9(12)6-8/h3-4,6-7H,2,5,14H2,1H3,(H,15,16). The number of nitrogens with one attached hydrogen (secondary N) is 1. The second-order valence-electron chi connectivity index (χ2n) is 3.55. The predicted octanol–water partition coefficient (Wildman–Crippen LogP) is 3.17. The first kappa shape index (κ1) is 13.5. The number of hydrogen-bond acceptors (Lipinski definition) is 2. The van der Waals surface area contributed by atoms with Crippen molar-refractivity contribution < 1.29 is 4.79 Å². The summed E-state index contributed by atoms with van der Waals surface area (Å²) in [7, 11) is 0. The van der Waals surface area contributed by atoms with Crippen molar-refractivity contribution in [3.8, 4) is 0 Å². The third-order valence-corrected chi connectivity index (χ3v) is 3.39. The van der Waals surface area contributed by atoms with E-state index in [1.165, 1.54) is 0 Å². The van der Waals surface area contributed by atoms with Gasteiger partial charge in [-0.3, -0.25) is 4.79 Å². The van der Waals surface area contributed by atoms with E-state index in [0.29, 0.717) is 17.1 Å². The van der Waals surface area contributed by atoms with E-state index in [1.54, 1.807) is 18.2 Å². The lowest BCUT2D eigenvalue weighted by molar-refractivity contribution is -0.116. The molecule has 0 saturated carbocycles. The fraction of sp³-hybridized carbons (Fsp3) is 0.364. The lowest BCUT2D eigenvalue weighted by atomic mass is 10.1. The van der Waals surface area contributed by atoms with Crippen molar-refractivity contribution in [3.05, 3.63) is 27.7 Å². The molecule has 1 aromatic carbocycles. The van der Waals surface area contributed by atoms with Crippen molar-refractivity contribution in [3.63, 3.8) is 0 Å². The van der Waals surface area contributed by atoms with Gasteiger partial charge in [-0.1, -0.05) is 18.5 Å². The van der Waals surface area contributed by atoms with Crippen LogP contribution in [0, 0.1) is 0 Å². The van der Waals surface area contributed by atoms with Gasteiger partial charge in [-0.15, -0.1) is 0 Å². The van der Waals surface area contributed by atoms with Crippen molar-refractivity contribution in [2.45, 2.75) is 25.8 Å². The van der Waals surface area contributed by atoms with E-state index in [2.05, 4.69) is 21.2 Å². The first-order valence-corrected chi connectivity index (χ1v) is 6.20. The minimum Gasteiger partial charge on any atom is -0.327 e. The summed E-state index contributed by atoms with van der Waals surface area (Å²) >= 11 is 9.14. The van der Waals surface area contributed by atoms with E-state index in [4.69, 9.17) is 17.3 Å². The van der Waals surface area contributed by atoms with Gasteiger partial charge in [0.1, 0.15) is 0 Å². The maximum atomic E-state index is 11.5. The molecule has 0 aliphatic carbocycles. The van der Waals surface area contributed by atoms with Gasteiger partial charge in [0.15, 0.2) is 0 Å². The molecule has 1 aromatic rings. The summed E-state index contributed by atoms with van der Waals surface area (Å²) in [5.41, 5.74) is 6.40. The van der Waals surface area contributed by atoms with Crippen molar-refractivity contribution in [2.75, 3.05) is 5.32 Å². The molecule has 3 N–H and O–H groups in total. The zero-order chi connectivity index (χ0) is 12.1. The molecule has 1 unspecified atom stereocenters. The molecule has 0 spiro atoms. The molecule has 0 radical (unpaired) electrons. The second kappa shape index (κ2) is 6.23. The molecule has 0 heterocycles. The van der Waals surface area contributed by atoms with Crippen LogP contribution >= 0.6 is 27.5 Å². The largest absolute Gasteiger partial charge is 0.327 e. The lowest BCUT2D eigenvalue weighted by Gasteiger charge is -2.09. The molecule has 1 amide bonds. The van der Waals surface area contributed by atoms with Crippen molar-refractivity contribution in [1.82, 2.24) is 0 Å². The molecular weight excluding hydrogens is 291 g/mol. The Morgan fingerprint density at radius 3 is 2.88 bits per heavy atom. The van der Waals surface area contributed by atoms with Gasteiger partial charge >= 0.3 is 0 Å². The third kappa shape index (κ3) is 4.12. The summed E-state index contributed by atoms with van der Waals surface area (Å²) in [6.07, 6.45) is 1.12. The van der Waals surface area contributed by atoms with Crippen LogP contribution in [0.5, 0.6) is 0 Å². The van der Waals surface area contributed by atoms with E-state index in [0.717, 1.165) is 10.9 Å². The van der Waals surface area contributed by atoms with E-state index in [-0.39, 0.29) is 11.9 Å². The number of anilines is 1. The van der Waals surface area contributed by atoms with Crippen LogP contribution < -0.4 is 11.1 Å². The topological polar surface area (TPSA) is 55.1 Å². The van der Waals surface area contributed by atoms with Crippen LogP contribution in [0.4, 0.5) is 5.69 Å². The van der Waals surface area contributed by atoms with Gasteiger partial charge in [0.25, 0.3) is 0 Å². The first-order valence-electron chi connectivity index (χ1n) is 5.03. The Kier molecular flexibility index (Phi) is 5.25. The highest BCUT2D eigenvalue weighted by atomic mass is 79.9. The summed E-state index contributed by atoms with van der Waals surface area (Å²) in [5.74, 6) is -0.0800. The van der Waals surface area contributed by atoms with Crippen LogP contribution in [0.15, 0.2) is 22.7 Å². The minimum atomic E-state index is -0.0873. The molecule has 0 bridgehead atoms. The van der Waals surface area contributed by atoms with Gasteiger partial charge in [0.2, 0.25) is 5.91 Å². The average molecular weight is 306 g/mol. The highest BCUT2D eigenvalue weighted by molar-refractivity contribution is 9.10. The van der Waals surface area contributed by atoms with Crippen LogP contribution in [-0.2, 0) is 4.79 Å². The average Bonchev–Trinajstić information content (AvgIpc) is 2.23. The number of hydrogen-bond donors (Lipinski definition) is 2.